The fourth-order valence-electron chi connectivity index (χ4n) is 1.51. The molecule has 3 nitrogen and oxygen atoms in total. The van der Waals surface area contributed by atoms with Crippen molar-refractivity contribution in [1.29, 1.82) is 0 Å². The van der Waals surface area contributed by atoms with E-state index in [1.54, 1.807) is 0 Å². The zero-order valence-corrected chi connectivity index (χ0v) is 9.98. The van der Waals surface area contributed by atoms with Crippen molar-refractivity contribution in [1.82, 2.24) is 0 Å². The second kappa shape index (κ2) is 6.88. The summed E-state index contributed by atoms with van der Waals surface area (Å²) < 4.78 is 4.70. The molecule has 16 heavy (non-hydrogen) atoms. The molecule has 0 saturated heterocycles. The van der Waals surface area contributed by atoms with Crippen LogP contribution in [-0.4, -0.2) is 26.2 Å². The number of ether oxygens (including phenoxy) is 1. The third kappa shape index (κ3) is 3.93. The maximum atomic E-state index is 11.3. The van der Waals surface area contributed by atoms with Crippen molar-refractivity contribution in [3.8, 4) is 0 Å². The van der Waals surface area contributed by atoms with Crippen molar-refractivity contribution in [2.45, 2.75) is 19.8 Å². The van der Waals surface area contributed by atoms with Crippen molar-refractivity contribution in [3.05, 3.63) is 30.3 Å². The number of anilines is 1. The highest BCUT2D eigenvalue weighted by atomic mass is 16.5. The Hall–Kier alpha value is -1.51. The zero-order chi connectivity index (χ0) is 11.8. The minimum Gasteiger partial charge on any atom is -0.468 e. The number of methoxy groups -OCH3 is 1. The summed E-state index contributed by atoms with van der Waals surface area (Å²) in [5, 5.41) is 0. The van der Waals surface area contributed by atoms with Crippen molar-refractivity contribution < 1.29 is 9.53 Å². The third-order valence-corrected chi connectivity index (χ3v) is 2.45. The molecule has 0 saturated carbocycles. The molecule has 0 aromatic heterocycles. The van der Waals surface area contributed by atoms with Crippen molar-refractivity contribution in [3.63, 3.8) is 0 Å². The van der Waals surface area contributed by atoms with E-state index in [1.165, 1.54) is 7.11 Å². The lowest BCUT2D eigenvalue weighted by molar-refractivity contribution is -0.138. The summed E-state index contributed by atoms with van der Waals surface area (Å²) in [6, 6.07) is 9.95. The molecule has 0 spiro atoms. The quantitative estimate of drug-likeness (QED) is 0.691. The summed E-state index contributed by atoms with van der Waals surface area (Å²) in [5.74, 6) is -0.194. The molecule has 0 amide bonds. The molecule has 0 unspecified atom stereocenters. The minimum absolute atomic E-state index is 0.194. The van der Waals surface area contributed by atoms with E-state index in [9.17, 15) is 4.79 Å². The third-order valence-electron chi connectivity index (χ3n) is 2.45. The summed E-state index contributed by atoms with van der Waals surface area (Å²) in [4.78, 5) is 13.3. The monoisotopic (exact) mass is 221 g/mol. The highest BCUT2D eigenvalue weighted by Crippen LogP contribution is 2.13. The number of hydrogen-bond donors (Lipinski definition) is 0. The molecule has 0 radical (unpaired) electrons. The largest absolute Gasteiger partial charge is 0.468 e. The van der Waals surface area contributed by atoms with Gasteiger partial charge in [0, 0.05) is 12.2 Å². The second-order valence-electron chi connectivity index (χ2n) is 3.69. The normalized spacial score (nSPS) is 9.88. The van der Waals surface area contributed by atoms with Crippen molar-refractivity contribution in [2.24, 2.45) is 0 Å². The molecule has 0 bridgehead atoms. The first kappa shape index (κ1) is 12.6. The lowest BCUT2D eigenvalue weighted by Gasteiger charge is -2.23. The van der Waals surface area contributed by atoms with Gasteiger partial charge >= 0.3 is 5.97 Å². The topological polar surface area (TPSA) is 29.5 Å². The maximum Gasteiger partial charge on any atom is 0.325 e. The Kier molecular flexibility index (Phi) is 5.40. The number of esters is 1. The molecule has 0 atom stereocenters. The zero-order valence-electron chi connectivity index (χ0n) is 9.98. The minimum atomic E-state index is -0.194. The predicted octanol–water partition coefficient (Wildman–Crippen LogP) is 2.47. The van der Waals surface area contributed by atoms with Gasteiger partial charge in [0.1, 0.15) is 6.54 Å². The van der Waals surface area contributed by atoms with E-state index >= 15 is 0 Å². The van der Waals surface area contributed by atoms with E-state index in [4.69, 9.17) is 4.74 Å². The second-order valence-corrected chi connectivity index (χ2v) is 3.69. The van der Waals surface area contributed by atoms with Crippen molar-refractivity contribution in [2.75, 3.05) is 25.1 Å². The SMILES string of the molecule is CCCCN(CC(=O)OC)c1ccccc1. The van der Waals surface area contributed by atoms with Crippen LogP contribution in [0, 0.1) is 0 Å². The van der Waals surface area contributed by atoms with E-state index in [0.29, 0.717) is 6.54 Å². The molecule has 1 rings (SSSR count). The molecular weight excluding hydrogens is 202 g/mol. The van der Waals surface area contributed by atoms with Crippen molar-refractivity contribution >= 4 is 11.7 Å². The van der Waals surface area contributed by atoms with Gasteiger partial charge in [-0.25, -0.2) is 0 Å². The van der Waals surface area contributed by atoms with Crippen LogP contribution in [0.5, 0.6) is 0 Å². The number of hydrogen-bond acceptors (Lipinski definition) is 3. The fourth-order valence-corrected chi connectivity index (χ4v) is 1.51. The molecule has 0 aliphatic heterocycles. The molecule has 0 N–H and O–H groups in total. The summed E-state index contributed by atoms with van der Waals surface area (Å²) in [6.45, 7) is 3.34. The standard InChI is InChI=1S/C13H19NO2/c1-3-4-10-14(11-13(15)16-2)12-8-6-5-7-9-12/h5-9H,3-4,10-11H2,1-2H3. The number of carbonyl (C=O) groups is 1. The number of benzene rings is 1. The number of para-hydroxylation sites is 1. The molecule has 1 aromatic rings. The van der Waals surface area contributed by atoms with Gasteiger partial charge in [0.25, 0.3) is 0 Å². The molecule has 0 aliphatic carbocycles. The van der Waals surface area contributed by atoms with Crippen LogP contribution in [0.25, 0.3) is 0 Å². The Labute approximate surface area is 97.0 Å². The van der Waals surface area contributed by atoms with Crippen LogP contribution in [0.2, 0.25) is 0 Å². The van der Waals surface area contributed by atoms with Crippen LogP contribution >= 0.6 is 0 Å². The molecule has 88 valence electrons. The van der Waals surface area contributed by atoms with Crippen LogP contribution in [0.4, 0.5) is 5.69 Å². The summed E-state index contributed by atoms with van der Waals surface area (Å²) in [6.07, 6.45) is 2.19. The lowest BCUT2D eigenvalue weighted by Crippen LogP contribution is -2.31. The van der Waals surface area contributed by atoms with Gasteiger partial charge in [-0.3, -0.25) is 4.79 Å². The first-order valence-electron chi connectivity index (χ1n) is 5.64. The van der Waals surface area contributed by atoms with Crippen LogP contribution in [0.15, 0.2) is 30.3 Å². The van der Waals surface area contributed by atoms with Gasteiger partial charge < -0.3 is 9.64 Å². The Morgan fingerprint density at radius 1 is 1.31 bits per heavy atom. The highest BCUT2D eigenvalue weighted by Gasteiger charge is 2.10. The average Bonchev–Trinajstić information content (AvgIpc) is 2.35. The smallest absolute Gasteiger partial charge is 0.325 e. The first-order chi connectivity index (χ1) is 7.77. The van der Waals surface area contributed by atoms with Gasteiger partial charge in [0.05, 0.1) is 7.11 Å². The van der Waals surface area contributed by atoms with Gasteiger partial charge in [-0.15, -0.1) is 0 Å². The molecular formula is C13H19NO2. The van der Waals surface area contributed by atoms with Gasteiger partial charge in [-0.05, 0) is 18.6 Å². The van der Waals surface area contributed by atoms with Gasteiger partial charge in [-0.1, -0.05) is 31.5 Å². The van der Waals surface area contributed by atoms with Gasteiger partial charge in [0.2, 0.25) is 0 Å². The molecule has 0 heterocycles. The molecule has 3 heteroatoms. The number of unbranched alkanes of at least 4 members (excludes halogenated alkanes) is 1. The predicted molar refractivity (Wildman–Crippen MR) is 65.6 cm³/mol. The van der Waals surface area contributed by atoms with Gasteiger partial charge in [-0.2, -0.15) is 0 Å². The Balaban J connectivity index is 2.67. The van der Waals surface area contributed by atoms with Crippen LogP contribution in [0.3, 0.4) is 0 Å². The number of rotatable bonds is 6. The van der Waals surface area contributed by atoms with Crippen LogP contribution < -0.4 is 4.90 Å². The van der Waals surface area contributed by atoms with E-state index in [2.05, 4.69) is 11.8 Å². The summed E-state index contributed by atoms with van der Waals surface area (Å²) in [5.41, 5.74) is 1.07. The lowest BCUT2D eigenvalue weighted by atomic mass is 10.2. The van der Waals surface area contributed by atoms with Crippen LogP contribution in [-0.2, 0) is 9.53 Å². The average molecular weight is 221 g/mol. The molecule has 0 fully saturated rings. The van der Waals surface area contributed by atoms with Crippen LogP contribution in [0.1, 0.15) is 19.8 Å². The van der Waals surface area contributed by atoms with Gasteiger partial charge in [0.15, 0.2) is 0 Å². The molecule has 1 aromatic carbocycles. The van der Waals surface area contributed by atoms with E-state index in [1.807, 2.05) is 30.3 Å². The molecule has 0 aliphatic rings. The summed E-state index contributed by atoms with van der Waals surface area (Å²) in [7, 11) is 1.42. The Bertz CT molecular complexity index is 311. The first-order valence-corrected chi connectivity index (χ1v) is 5.64. The number of nitrogens with zero attached hydrogens (tertiary/aromatic N) is 1. The Morgan fingerprint density at radius 2 is 2.00 bits per heavy atom. The maximum absolute atomic E-state index is 11.3. The Morgan fingerprint density at radius 3 is 2.56 bits per heavy atom. The number of carbonyl (C=O) groups excluding carboxylic acids is 1. The van der Waals surface area contributed by atoms with E-state index in [0.717, 1.165) is 25.1 Å². The van der Waals surface area contributed by atoms with E-state index < -0.39 is 0 Å². The van der Waals surface area contributed by atoms with E-state index in [-0.39, 0.29) is 5.97 Å². The fraction of sp³-hybridized carbons (Fsp3) is 0.462. The summed E-state index contributed by atoms with van der Waals surface area (Å²) >= 11 is 0. The highest BCUT2D eigenvalue weighted by molar-refractivity contribution is 5.75.